The van der Waals surface area contributed by atoms with Crippen molar-refractivity contribution in [2.75, 3.05) is 0 Å². The number of halogens is 1. The summed E-state index contributed by atoms with van der Waals surface area (Å²) in [5.74, 6) is 0.286. The first-order chi connectivity index (χ1) is 7.58. The fraction of sp³-hybridized carbons (Fsp3) is 0.538. The molecule has 0 fully saturated rings. The van der Waals surface area contributed by atoms with Crippen molar-refractivity contribution in [2.45, 2.75) is 45.8 Å². The van der Waals surface area contributed by atoms with E-state index in [1.165, 1.54) is 6.07 Å². The van der Waals surface area contributed by atoms with Crippen molar-refractivity contribution in [3.05, 3.63) is 29.6 Å². The average molecular weight is 225 g/mol. The quantitative estimate of drug-likeness (QED) is 0.833. The molecule has 0 bridgehead atoms. The lowest BCUT2D eigenvalue weighted by atomic mass is 10.1. The highest BCUT2D eigenvalue weighted by molar-refractivity contribution is 5.30. The highest BCUT2D eigenvalue weighted by Gasteiger charge is 2.10. The molecule has 1 rings (SSSR count). The molecule has 0 spiro atoms. The molecule has 2 nitrogen and oxygen atoms in total. The largest absolute Gasteiger partial charge is 0.490 e. The van der Waals surface area contributed by atoms with E-state index >= 15 is 0 Å². The smallest absolute Gasteiger partial charge is 0.131 e. The van der Waals surface area contributed by atoms with Gasteiger partial charge in [-0.15, -0.1) is 0 Å². The van der Waals surface area contributed by atoms with Gasteiger partial charge in [-0.2, -0.15) is 0 Å². The summed E-state index contributed by atoms with van der Waals surface area (Å²) in [6.07, 6.45) is 2.00. The Morgan fingerprint density at radius 3 is 2.38 bits per heavy atom. The molecular formula is C13H20FNO. The van der Waals surface area contributed by atoms with Crippen LogP contribution < -0.4 is 10.5 Å². The molecule has 0 unspecified atom stereocenters. The summed E-state index contributed by atoms with van der Waals surface area (Å²) in [7, 11) is 0. The Morgan fingerprint density at radius 1 is 1.31 bits per heavy atom. The molecule has 0 aromatic heterocycles. The predicted octanol–water partition coefficient (Wildman–Crippen LogP) is 3.41. The fourth-order valence-electron chi connectivity index (χ4n) is 1.60. The first kappa shape index (κ1) is 13.0. The van der Waals surface area contributed by atoms with Crippen LogP contribution in [0.4, 0.5) is 4.39 Å². The SMILES string of the molecule is CCC(CC)Oc1ccc([C@H](C)N)c(F)c1. The average Bonchev–Trinajstić information content (AvgIpc) is 2.25. The summed E-state index contributed by atoms with van der Waals surface area (Å²) in [6, 6.07) is 4.59. The summed E-state index contributed by atoms with van der Waals surface area (Å²) in [6.45, 7) is 5.88. The van der Waals surface area contributed by atoms with Crippen LogP contribution in [0.3, 0.4) is 0 Å². The zero-order chi connectivity index (χ0) is 12.1. The van der Waals surface area contributed by atoms with Gasteiger partial charge in [-0.25, -0.2) is 4.39 Å². The van der Waals surface area contributed by atoms with Gasteiger partial charge in [0.15, 0.2) is 0 Å². The third kappa shape index (κ3) is 3.20. The molecule has 0 radical (unpaired) electrons. The van der Waals surface area contributed by atoms with Crippen molar-refractivity contribution in [2.24, 2.45) is 5.73 Å². The summed E-state index contributed by atoms with van der Waals surface area (Å²) in [4.78, 5) is 0. The third-order valence-electron chi connectivity index (χ3n) is 2.68. The minimum atomic E-state index is -0.293. The van der Waals surface area contributed by atoms with Crippen molar-refractivity contribution in [1.29, 1.82) is 0 Å². The van der Waals surface area contributed by atoms with E-state index < -0.39 is 0 Å². The van der Waals surface area contributed by atoms with Crippen LogP contribution in [-0.4, -0.2) is 6.10 Å². The second-order valence-electron chi connectivity index (χ2n) is 4.03. The Balaban J connectivity index is 2.80. The van der Waals surface area contributed by atoms with Gasteiger partial charge in [-0.1, -0.05) is 19.9 Å². The number of ether oxygens (including phenoxy) is 1. The van der Waals surface area contributed by atoms with Crippen molar-refractivity contribution in [3.8, 4) is 5.75 Å². The highest BCUT2D eigenvalue weighted by atomic mass is 19.1. The molecular weight excluding hydrogens is 205 g/mol. The van der Waals surface area contributed by atoms with Crippen LogP contribution in [0.25, 0.3) is 0 Å². The molecule has 0 amide bonds. The Bertz CT molecular complexity index is 335. The Hall–Kier alpha value is -1.09. The standard InChI is InChI=1S/C13H20FNO/c1-4-10(5-2)16-11-6-7-12(9(3)15)13(14)8-11/h6-10H,4-5,15H2,1-3H3/t9-/m0/s1. The van der Waals surface area contributed by atoms with Gasteiger partial charge in [0.1, 0.15) is 11.6 Å². The summed E-state index contributed by atoms with van der Waals surface area (Å²) < 4.78 is 19.2. The van der Waals surface area contributed by atoms with Gasteiger partial charge in [0.05, 0.1) is 6.10 Å². The number of nitrogens with two attached hydrogens (primary N) is 1. The lowest BCUT2D eigenvalue weighted by molar-refractivity contribution is 0.192. The molecule has 0 saturated heterocycles. The second kappa shape index (κ2) is 5.85. The van der Waals surface area contributed by atoms with Gasteiger partial charge < -0.3 is 10.5 Å². The fourth-order valence-corrected chi connectivity index (χ4v) is 1.60. The van der Waals surface area contributed by atoms with Crippen LogP contribution in [-0.2, 0) is 0 Å². The first-order valence-corrected chi connectivity index (χ1v) is 5.80. The van der Waals surface area contributed by atoms with Gasteiger partial charge in [-0.05, 0) is 25.8 Å². The van der Waals surface area contributed by atoms with E-state index in [1.54, 1.807) is 19.1 Å². The summed E-state index contributed by atoms with van der Waals surface area (Å²) in [5, 5.41) is 0. The number of hydrogen-bond acceptors (Lipinski definition) is 2. The van der Waals surface area contributed by atoms with Gasteiger partial charge in [-0.3, -0.25) is 0 Å². The molecule has 1 aromatic rings. The minimum absolute atomic E-state index is 0.153. The maximum atomic E-state index is 13.6. The highest BCUT2D eigenvalue weighted by Crippen LogP contribution is 2.22. The summed E-state index contributed by atoms with van der Waals surface area (Å²) >= 11 is 0. The number of rotatable bonds is 5. The van der Waals surface area contributed by atoms with Crippen LogP contribution in [0.2, 0.25) is 0 Å². The maximum Gasteiger partial charge on any atom is 0.131 e. The van der Waals surface area contributed by atoms with Gasteiger partial charge in [0.2, 0.25) is 0 Å². The molecule has 1 aromatic carbocycles. The molecule has 16 heavy (non-hydrogen) atoms. The lowest BCUT2D eigenvalue weighted by Crippen LogP contribution is -2.14. The number of benzene rings is 1. The van der Waals surface area contributed by atoms with E-state index in [9.17, 15) is 4.39 Å². The van der Waals surface area contributed by atoms with Crippen LogP contribution in [0.15, 0.2) is 18.2 Å². The normalized spacial score (nSPS) is 12.9. The molecule has 3 heteroatoms. The molecule has 0 aliphatic carbocycles. The van der Waals surface area contributed by atoms with Crippen molar-refractivity contribution in [3.63, 3.8) is 0 Å². The summed E-state index contributed by atoms with van der Waals surface area (Å²) in [5.41, 5.74) is 6.16. The monoisotopic (exact) mass is 225 g/mol. The molecule has 0 aliphatic heterocycles. The van der Waals surface area contributed by atoms with Crippen LogP contribution in [0.5, 0.6) is 5.75 Å². The first-order valence-electron chi connectivity index (χ1n) is 5.80. The van der Waals surface area contributed by atoms with Gasteiger partial charge in [0.25, 0.3) is 0 Å². The van der Waals surface area contributed by atoms with Crippen LogP contribution in [0, 0.1) is 5.82 Å². The second-order valence-corrected chi connectivity index (χ2v) is 4.03. The third-order valence-corrected chi connectivity index (χ3v) is 2.68. The molecule has 0 saturated carbocycles. The van der Waals surface area contributed by atoms with Crippen molar-refractivity contribution in [1.82, 2.24) is 0 Å². The van der Waals surface area contributed by atoms with Crippen molar-refractivity contribution >= 4 is 0 Å². The predicted molar refractivity (Wildman–Crippen MR) is 64.0 cm³/mol. The van der Waals surface area contributed by atoms with E-state index in [-0.39, 0.29) is 18.0 Å². The minimum Gasteiger partial charge on any atom is -0.490 e. The lowest BCUT2D eigenvalue weighted by Gasteiger charge is -2.16. The molecule has 2 N–H and O–H groups in total. The number of hydrogen-bond donors (Lipinski definition) is 1. The Morgan fingerprint density at radius 2 is 1.94 bits per heavy atom. The zero-order valence-corrected chi connectivity index (χ0v) is 10.2. The Kier molecular flexibility index (Phi) is 4.74. The van der Waals surface area contributed by atoms with Gasteiger partial charge >= 0.3 is 0 Å². The van der Waals surface area contributed by atoms with Gasteiger partial charge in [0, 0.05) is 17.7 Å². The maximum absolute atomic E-state index is 13.6. The van der Waals surface area contributed by atoms with Crippen LogP contribution >= 0.6 is 0 Å². The Labute approximate surface area is 96.6 Å². The van der Waals surface area contributed by atoms with Crippen molar-refractivity contribution < 1.29 is 9.13 Å². The van der Waals surface area contributed by atoms with E-state index in [0.29, 0.717) is 11.3 Å². The zero-order valence-electron chi connectivity index (χ0n) is 10.2. The topological polar surface area (TPSA) is 35.2 Å². The van der Waals surface area contributed by atoms with E-state index in [2.05, 4.69) is 13.8 Å². The van der Waals surface area contributed by atoms with E-state index in [4.69, 9.17) is 10.5 Å². The molecule has 1 atom stereocenters. The van der Waals surface area contributed by atoms with E-state index in [0.717, 1.165) is 12.8 Å². The molecule has 90 valence electrons. The van der Waals surface area contributed by atoms with Crippen LogP contribution in [0.1, 0.15) is 45.2 Å². The molecule has 0 heterocycles. The molecule has 0 aliphatic rings. The van der Waals surface area contributed by atoms with E-state index in [1.807, 2.05) is 0 Å².